The van der Waals surface area contributed by atoms with Crippen LogP contribution in [-0.2, 0) is 16.0 Å². The van der Waals surface area contributed by atoms with Crippen LogP contribution in [0.5, 0.6) is 23.0 Å². The molecule has 1 aliphatic heterocycles. The second kappa shape index (κ2) is 9.70. The number of fused-ring (bicyclic) bond motifs is 2. The number of nitriles is 1. The van der Waals surface area contributed by atoms with Crippen LogP contribution in [0.15, 0.2) is 48.5 Å². The first-order valence-electron chi connectivity index (χ1n) is 11.5. The second-order valence-electron chi connectivity index (χ2n) is 8.66. The van der Waals surface area contributed by atoms with Gasteiger partial charge in [-0.1, -0.05) is 6.07 Å². The highest BCUT2D eigenvalue weighted by Crippen LogP contribution is 2.44. The van der Waals surface area contributed by atoms with Crippen molar-refractivity contribution in [2.45, 2.75) is 31.3 Å². The lowest BCUT2D eigenvalue weighted by molar-refractivity contribution is -0.141. The zero-order valence-corrected chi connectivity index (χ0v) is 19.5. The van der Waals surface area contributed by atoms with Crippen molar-refractivity contribution in [2.24, 2.45) is 0 Å². The van der Waals surface area contributed by atoms with Crippen LogP contribution in [0.4, 0.5) is 4.39 Å². The highest BCUT2D eigenvalue weighted by atomic mass is 19.1. The molecule has 3 aromatic carbocycles. The molecule has 8 heteroatoms. The predicted molar refractivity (Wildman–Crippen MR) is 126 cm³/mol. The van der Waals surface area contributed by atoms with Crippen LogP contribution in [-0.4, -0.2) is 26.0 Å². The van der Waals surface area contributed by atoms with E-state index in [1.54, 1.807) is 24.3 Å². The summed E-state index contributed by atoms with van der Waals surface area (Å²) in [5.74, 6) is 1.13. The molecule has 0 bridgehead atoms. The van der Waals surface area contributed by atoms with E-state index in [1.165, 1.54) is 25.3 Å². The Morgan fingerprint density at radius 1 is 1.19 bits per heavy atom. The average molecular weight is 487 g/mol. The minimum Gasteiger partial charge on any atom is -0.492 e. The number of carbonyl (C=O) groups is 2. The highest BCUT2D eigenvalue weighted by molar-refractivity contribution is 5.76. The molecule has 3 aromatic rings. The molecule has 0 saturated carbocycles. The first-order chi connectivity index (χ1) is 17.5. The van der Waals surface area contributed by atoms with Gasteiger partial charge in [-0.05, 0) is 49.2 Å². The van der Waals surface area contributed by atoms with E-state index >= 15 is 0 Å². The van der Waals surface area contributed by atoms with E-state index < -0.39 is 11.9 Å². The SMILES string of the molecule is COC(=O)C[C@@H]1COc2cc(O[C@@H]3CCc4c(Oc5ccc(C=O)cc5C#N)ccc(F)c43)ccc21. The summed E-state index contributed by atoms with van der Waals surface area (Å²) < 4.78 is 37.6. The van der Waals surface area contributed by atoms with Crippen molar-refractivity contribution in [1.82, 2.24) is 0 Å². The van der Waals surface area contributed by atoms with Gasteiger partial charge in [-0.2, -0.15) is 5.26 Å². The molecule has 0 unspecified atom stereocenters. The van der Waals surface area contributed by atoms with Crippen LogP contribution in [0, 0.1) is 17.1 Å². The zero-order chi connectivity index (χ0) is 25.2. The summed E-state index contributed by atoms with van der Waals surface area (Å²) in [6.45, 7) is 0.383. The summed E-state index contributed by atoms with van der Waals surface area (Å²) in [6, 6.07) is 14.9. The normalized spacial score (nSPS) is 17.4. The first-order valence-corrected chi connectivity index (χ1v) is 11.5. The smallest absolute Gasteiger partial charge is 0.306 e. The van der Waals surface area contributed by atoms with Crippen LogP contribution >= 0.6 is 0 Å². The molecule has 0 aromatic heterocycles. The molecular formula is C28H22FNO6. The minimum absolute atomic E-state index is 0.0789. The number of hydrogen-bond donors (Lipinski definition) is 0. The van der Waals surface area contributed by atoms with E-state index in [0.717, 1.165) is 5.56 Å². The number of benzene rings is 3. The molecule has 5 rings (SSSR count). The number of hydrogen-bond acceptors (Lipinski definition) is 7. The van der Waals surface area contributed by atoms with E-state index in [2.05, 4.69) is 0 Å². The minimum atomic E-state index is -0.526. The molecule has 0 saturated heterocycles. The zero-order valence-electron chi connectivity index (χ0n) is 19.5. The monoisotopic (exact) mass is 487 g/mol. The average Bonchev–Trinajstić information content (AvgIpc) is 3.50. The van der Waals surface area contributed by atoms with Crippen LogP contribution in [0.3, 0.4) is 0 Å². The van der Waals surface area contributed by atoms with Crippen LogP contribution < -0.4 is 14.2 Å². The molecule has 1 heterocycles. The van der Waals surface area contributed by atoms with Crippen molar-refractivity contribution in [3.05, 3.63) is 82.2 Å². The summed E-state index contributed by atoms with van der Waals surface area (Å²) in [6.07, 6.45) is 1.45. The van der Waals surface area contributed by atoms with E-state index in [0.29, 0.717) is 65.4 Å². The number of rotatable bonds is 7. The Bertz CT molecular complexity index is 1400. The van der Waals surface area contributed by atoms with Gasteiger partial charge < -0.3 is 18.9 Å². The van der Waals surface area contributed by atoms with Gasteiger partial charge in [-0.3, -0.25) is 9.59 Å². The second-order valence-corrected chi connectivity index (χ2v) is 8.66. The predicted octanol–water partition coefficient (Wildman–Crippen LogP) is 5.41. The van der Waals surface area contributed by atoms with Crippen molar-refractivity contribution in [3.63, 3.8) is 0 Å². The van der Waals surface area contributed by atoms with Crippen molar-refractivity contribution >= 4 is 12.3 Å². The fourth-order valence-corrected chi connectivity index (χ4v) is 4.72. The molecule has 1 aliphatic carbocycles. The van der Waals surface area contributed by atoms with E-state index in [4.69, 9.17) is 18.9 Å². The maximum atomic E-state index is 14.9. The van der Waals surface area contributed by atoms with Gasteiger partial charge in [0.2, 0.25) is 0 Å². The number of aldehydes is 1. The van der Waals surface area contributed by atoms with Gasteiger partial charge >= 0.3 is 5.97 Å². The standard InChI is InChI=1S/C28H22FNO6/c1-33-27(32)11-18-15-34-26-12-19(3-4-20(18)26)35-25-8-5-21-24(9-6-22(29)28(21)25)36-23-7-2-16(14-31)10-17(23)13-30/h2-4,6-7,9-10,12,14,18,25H,5,8,11,15H2,1H3/t18-,25-/m1/s1. The molecule has 2 atom stereocenters. The summed E-state index contributed by atoms with van der Waals surface area (Å²) in [5, 5.41) is 9.44. The van der Waals surface area contributed by atoms with Gasteiger partial charge in [0.15, 0.2) is 0 Å². The van der Waals surface area contributed by atoms with Gasteiger partial charge in [0.1, 0.15) is 47.3 Å². The summed E-state index contributed by atoms with van der Waals surface area (Å²) >= 11 is 0. The third-order valence-corrected chi connectivity index (χ3v) is 6.50. The fourth-order valence-electron chi connectivity index (χ4n) is 4.72. The molecule has 0 fully saturated rings. The Morgan fingerprint density at radius 2 is 2.03 bits per heavy atom. The Labute approximate surface area is 207 Å². The lowest BCUT2D eigenvalue weighted by Gasteiger charge is -2.17. The summed E-state index contributed by atoms with van der Waals surface area (Å²) in [5.41, 5.74) is 2.59. The van der Waals surface area contributed by atoms with Crippen LogP contribution in [0.1, 0.15) is 57.5 Å². The molecular weight excluding hydrogens is 465 g/mol. The number of esters is 1. The molecule has 182 valence electrons. The summed E-state index contributed by atoms with van der Waals surface area (Å²) in [4.78, 5) is 22.7. The number of ether oxygens (including phenoxy) is 4. The number of halogens is 1. The topological polar surface area (TPSA) is 94.8 Å². The molecule has 2 aliphatic rings. The van der Waals surface area contributed by atoms with Gasteiger partial charge in [0, 0.05) is 34.2 Å². The quantitative estimate of drug-likeness (QED) is 0.325. The molecule has 0 N–H and O–H groups in total. The van der Waals surface area contributed by atoms with Gasteiger partial charge in [0.05, 0.1) is 25.7 Å². The fraction of sp³-hybridized carbons (Fsp3) is 0.250. The Kier molecular flexibility index (Phi) is 6.30. The summed E-state index contributed by atoms with van der Waals surface area (Å²) in [7, 11) is 1.36. The van der Waals surface area contributed by atoms with E-state index in [1.807, 2.05) is 12.1 Å². The van der Waals surface area contributed by atoms with Crippen LogP contribution in [0.25, 0.3) is 0 Å². The maximum absolute atomic E-state index is 14.9. The molecule has 7 nitrogen and oxygen atoms in total. The van der Waals surface area contributed by atoms with Gasteiger partial charge in [-0.15, -0.1) is 0 Å². The molecule has 0 amide bonds. The number of carbonyl (C=O) groups excluding carboxylic acids is 2. The third-order valence-electron chi connectivity index (χ3n) is 6.50. The van der Waals surface area contributed by atoms with Crippen molar-refractivity contribution < 1.29 is 32.9 Å². The van der Waals surface area contributed by atoms with Crippen molar-refractivity contribution in [1.29, 1.82) is 5.26 Å². The van der Waals surface area contributed by atoms with E-state index in [-0.39, 0.29) is 23.9 Å². The maximum Gasteiger partial charge on any atom is 0.306 e. The Morgan fingerprint density at radius 3 is 2.81 bits per heavy atom. The number of methoxy groups -OCH3 is 1. The molecule has 0 radical (unpaired) electrons. The Hall–Kier alpha value is -4.38. The molecule has 0 spiro atoms. The van der Waals surface area contributed by atoms with Crippen molar-refractivity contribution in [3.8, 4) is 29.1 Å². The Balaban J connectivity index is 1.37. The van der Waals surface area contributed by atoms with E-state index in [9.17, 15) is 19.2 Å². The molecule has 36 heavy (non-hydrogen) atoms. The lowest BCUT2D eigenvalue weighted by atomic mass is 9.98. The largest absolute Gasteiger partial charge is 0.492 e. The van der Waals surface area contributed by atoms with Gasteiger partial charge in [0.25, 0.3) is 0 Å². The third kappa shape index (κ3) is 4.36. The van der Waals surface area contributed by atoms with Crippen LogP contribution in [0.2, 0.25) is 0 Å². The number of nitrogens with zero attached hydrogens (tertiary/aromatic N) is 1. The highest BCUT2D eigenvalue weighted by Gasteiger charge is 2.32. The van der Waals surface area contributed by atoms with Crippen molar-refractivity contribution in [2.75, 3.05) is 13.7 Å². The first kappa shape index (κ1) is 23.4. The van der Waals surface area contributed by atoms with Gasteiger partial charge in [-0.25, -0.2) is 4.39 Å². The lowest BCUT2D eigenvalue weighted by Crippen LogP contribution is -2.09.